The predicted molar refractivity (Wildman–Crippen MR) is 112 cm³/mol. The molecule has 0 heterocycles. The van der Waals surface area contributed by atoms with E-state index in [1.54, 1.807) is 55.6 Å². The molecule has 6 nitrogen and oxygen atoms in total. The first-order valence-corrected chi connectivity index (χ1v) is 9.18. The molecule has 3 rings (SSSR count). The highest BCUT2D eigenvalue weighted by molar-refractivity contribution is 6.09. The molecule has 0 aliphatic heterocycles. The molecule has 3 aromatic carbocycles. The molecule has 0 unspecified atom stereocenters. The molecule has 3 aromatic rings. The molecule has 29 heavy (non-hydrogen) atoms. The minimum absolute atomic E-state index is 0.274. The maximum Gasteiger partial charge on any atom is 0.255 e. The maximum absolute atomic E-state index is 12.6. The first kappa shape index (κ1) is 20.1. The van der Waals surface area contributed by atoms with Gasteiger partial charge in [0.25, 0.3) is 11.8 Å². The van der Waals surface area contributed by atoms with Crippen LogP contribution in [0.5, 0.6) is 11.5 Å². The van der Waals surface area contributed by atoms with Crippen molar-refractivity contribution in [2.45, 2.75) is 0 Å². The number of methoxy groups -OCH3 is 1. The Morgan fingerprint density at radius 3 is 2.17 bits per heavy atom. The summed E-state index contributed by atoms with van der Waals surface area (Å²) >= 11 is 0. The third kappa shape index (κ3) is 5.67. The van der Waals surface area contributed by atoms with Gasteiger partial charge in [-0.05, 0) is 48.5 Å². The lowest BCUT2D eigenvalue weighted by Crippen LogP contribution is -2.28. The second kappa shape index (κ2) is 10.1. The molecule has 0 aliphatic rings. The van der Waals surface area contributed by atoms with Crippen LogP contribution in [0.4, 0.5) is 5.69 Å². The molecule has 2 N–H and O–H groups in total. The number of para-hydroxylation sites is 2. The van der Waals surface area contributed by atoms with E-state index in [-0.39, 0.29) is 11.8 Å². The summed E-state index contributed by atoms with van der Waals surface area (Å²) in [5.74, 6) is 0.766. The maximum atomic E-state index is 12.6. The van der Waals surface area contributed by atoms with Crippen molar-refractivity contribution in [3.63, 3.8) is 0 Å². The monoisotopic (exact) mass is 390 g/mol. The number of amides is 2. The average Bonchev–Trinajstić information content (AvgIpc) is 2.75. The van der Waals surface area contributed by atoms with E-state index in [0.717, 1.165) is 5.75 Å². The quantitative estimate of drug-likeness (QED) is 0.568. The lowest BCUT2D eigenvalue weighted by atomic mass is 10.1. The van der Waals surface area contributed by atoms with Gasteiger partial charge in [-0.2, -0.15) is 0 Å². The second-order valence-corrected chi connectivity index (χ2v) is 6.19. The van der Waals surface area contributed by atoms with Crippen LogP contribution in [0.15, 0.2) is 78.9 Å². The molecular weight excluding hydrogens is 368 g/mol. The first-order valence-electron chi connectivity index (χ1n) is 9.18. The van der Waals surface area contributed by atoms with Crippen molar-refractivity contribution < 1.29 is 19.1 Å². The Morgan fingerprint density at radius 2 is 1.45 bits per heavy atom. The fraction of sp³-hybridized carbons (Fsp3) is 0.130. The number of rotatable bonds is 8. The molecule has 0 fully saturated rings. The zero-order valence-electron chi connectivity index (χ0n) is 16.1. The third-order valence-electron chi connectivity index (χ3n) is 4.11. The first-order chi connectivity index (χ1) is 14.2. The zero-order valence-corrected chi connectivity index (χ0v) is 16.1. The molecule has 148 valence electrons. The number of benzene rings is 3. The molecule has 0 bridgehead atoms. The Morgan fingerprint density at radius 1 is 0.793 bits per heavy atom. The highest BCUT2D eigenvalue weighted by Gasteiger charge is 2.14. The number of hydrogen-bond donors (Lipinski definition) is 2. The fourth-order valence-electron chi connectivity index (χ4n) is 2.65. The zero-order chi connectivity index (χ0) is 20.5. The van der Waals surface area contributed by atoms with E-state index in [4.69, 9.17) is 9.47 Å². The number of carbonyl (C=O) groups excluding carboxylic acids is 2. The predicted octanol–water partition coefficient (Wildman–Crippen LogP) is 4.11. The summed E-state index contributed by atoms with van der Waals surface area (Å²) in [5, 5.41) is 5.55. The molecule has 0 spiro atoms. The second-order valence-electron chi connectivity index (χ2n) is 6.19. The van der Waals surface area contributed by atoms with Gasteiger partial charge in [0.2, 0.25) is 0 Å². The van der Waals surface area contributed by atoms with Crippen LogP contribution in [0.3, 0.4) is 0 Å². The Hall–Kier alpha value is -3.64. The summed E-state index contributed by atoms with van der Waals surface area (Å²) < 4.78 is 10.7. The smallest absolute Gasteiger partial charge is 0.255 e. The minimum atomic E-state index is -0.312. The summed E-state index contributed by atoms with van der Waals surface area (Å²) in [6, 6.07) is 23.1. The molecule has 0 saturated carbocycles. The van der Waals surface area contributed by atoms with E-state index in [9.17, 15) is 9.59 Å². The standard InChI is InChI=1S/C23H22N2O4/c1-28-16-15-24-23(27)20-9-5-6-10-21(20)25-22(26)17-11-13-19(14-12-17)29-18-7-3-2-4-8-18/h2-14H,15-16H2,1H3,(H,24,27)(H,25,26). The number of carbonyl (C=O) groups is 2. The van der Waals surface area contributed by atoms with Gasteiger partial charge in [-0.25, -0.2) is 0 Å². The van der Waals surface area contributed by atoms with Crippen LogP contribution in [-0.2, 0) is 4.74 Å². The van der Waals surface area contributed by atoms with E-state index in [1.807, 2.05) is 30.3 Å². The van der Waals surface area contributed by atoms with Crippen molar-refractivity contribution in [1.82, 2.24) is 5.32 Å². The Balaban J connectivity index is 1.66. The average molecular weight is 390 g/mol. The summed E-state index contributed by atoms with van der Waals surface area (Å²) in [5.41, 5.74) is 1.29. The van der Waals surface area contributed by atoms with Crippen molar-refractivity contribution >= 4 is 17.5 Å². The fourth-order valence-corrected chi connectivity index (χ4v) is 2.65. The van der Waals surface area contributed by atoms with Gasteiger partial charge in [-0.3, -0.25) is 9.59 Å². The van der Waals surface area contributed by atoms with Crippen molar-refractivity contribution in [3.8, 4) is 11.5 Å². The SMILES string of the molecule is COCCNC(=O)c1ccccc1NC(=O)c1ccc(Oc2ccccc2)cc1. The molecule has 0 aromatic heterocycles. The number of anilines is 1. The van der Waals surface area contributed by atoms with Gasteiger partial charge in [-0.15, -0.1) is 0 Å². The molecule has 0 aliphatic carbocycles. The highest BCUT2D eigenvalue weighted by atomic mass is 16.5. The van der Waals surface area contributed by atoms with E-state index >= 15 is 0 Å². The van der Waals surface area contributed by atoms with E-state index < -0.39 is 0 Å². The molecule has 2 amide bonds. The summed E-state index contributed by atoms with van der Waals surface area (Å²) in [4.78, 5) is 25.0. The van der Waals surface area contributed by atoms with Crippen molar-refractivity contribution in [3.05, 3.63) is 90.0 Å². The van der Waals surface area contributed by atoms with Crippen LogP contribution < -0.4 is 15.4 Å². The van der Waals surface area contributed by atoms with Gasteiger partial charge >= 0.3 is 0 Å². The number of ether oxygens (including phenoxy) is 2. The Labute approximate surface area is 169 Å². The van der Waals surface area contributed by atoms with Crippen molar-refractivity contribution in [2.24, 2.45) is 0 Å². The Kier molecular flexibility index (Phi) is 6.97. The van der Waals surface area contributed by atoms with E-state index in [0.29, 0.717) is 35.7 Å². The molecule has 0 radical (unpaired) electrons. The Bertz CT molecular complexity index is 956. The van der Waals surface area contributed by atoms with Crippen LogP contribution in [0.1, 0.15) is 20.7 Å². The van der Waals surface area contributed by atoms with Crippen LogP contribution >= 0.6 is 0 Å². The molecular formula is C23H22N2O4. The summed E-state index contributed by atoms with van der Waals surface area (Å²) in [6.07, 6.45) is 0. The van der Waals surface area contributed by atoms with Crippen LogP contribution in [-0.4, -0.2) is 32.1 Å². The normalized spacial score (nSPS) is 10.2. The lowest BCUT2D eigenvalue weighted by Gasteiger charge is -2.12. The van der Waals surface area contributed by atoms with Gasteiger partial charge in [0, 0.05) is 19.2 Å². The highest BCUT2D eigenvalue weighted by Crippen LogP contribution is 2.22. The van der Waals surface area contributed by atoms with E-state index in [1.165, 1.54) is 0 Å². The van der Waals surface area contributed by atoms with Gasteiger partial charge in [0.1, 0.15) is 11.5 Å². The largest absolute Gasteiger partial charge is 0.457 e. The molecule has 0 atom stereocenters. The molecule has 0 saturated heterocycles. The summed E-state index contributed by atoms with van der Waals surface area (Å²) in [7, 11) is 1.57. The van der Waals surface area contributed by atoms with Gasteiger partial charge in [0.05, 0.1) is 17.9 Å². The van der Waals surface area contributed by atoms with Crippen LogP contribution in [0.2, 0.25) is 0 Å². The van der Waals surface area contributed by atoms with Gasteiger partial charge in [0.15, 0.2) is 0 Å². The minimum Gasteiger partial charge on any atom is -0.457 e. The van der Waals surface area contributed by atoms with Crippen LogP contribution in [0.25, 0.3) is 0 Å². The van der Waals surface area contributed by atoms with Gasteiger partial charge in [-0.1, -0.05) is 30.3 Å². The van der Waals surface area contributed by atoms with Crippen molar-refractivity contribution in [2.75, 3.05) is 25.6 Å². The lowest BCUT2D eigenvalue weighted by molar-refractivity contribution is 0.0938. The number of hydrogen-bond acceptors (Lipinski definition) is 4. The topological polar surface area (TPSA) is 76.7 Å². The van der Waals surface area contributed by atoms with Crippen LogP contribution in [0, 0.1) is 0 Å². The summed E-state index contributed by atoms with van der Waals surface area (Å²) in [6.45, 7) is 0.804. The number of nitrogens with one attached hydrogen (secondary N) is 2. The molecule has 6 heteroatoms. The third-order valence-corrected chi connectivity index (χ3v) is 4.11. The van der Waals surface area contributed by atoms with E-state index in [2.05, 4.69) is 10.6 Å². The van der Waals surface area contributed by atoms with Crippen molar-refractivity contribution in [1.29, 1.82) is 0 Å². The van der Waals surface area contributed by atoms with Gasteiger partial charge < -0.3 is 20.1 Å².